The molecule has 0 aromatic rings. The normalized spacial score (nSPS) is 45.9. The minimum atomic E-state index is -0.293. The Kier molecular flexibility index (Phi) is 8.18. The van der Waals surface area contributed by atoms with Crippen LogP contribution in [0.1, 0.15) is 99.3 Å². The maximum Gasteiger partial charge on any atom is 0.407 e. The third-order valence-corrected chi connectivity index (χ3v) is 11.6. The van der Waals surface area contributed by atoms with E-state index >= 15 is 0 Å². The predicted octanol–water partition coefficient (Wildman–Crippen LogP) is 6.02. The number of hydrogen-bond acceptors (Lipinski definition) is 4. The van der Waals surface area contributed by atoms with Crippen molar-refractivity contribution in [2.24, 2.45) is 58.2 Å². The van der Waals surface area contributed by atoms with Crippen LogP contribution < -0.4 is 5.32 Å². The molecule has 0 heterocycles. The fourth-order valence-electron chi connectivity index (χ4n) is 9.81. The van der Waals surface area contributed by atoms with Crippen LogP contribution in [0.25, 0.3) is 0 Å². The van der Waals surface area contributed by atoms with E-state index in [1.54, 1.807) is 0 Å². The molecule has 4 rings (SSSR count). The van der Waals surface area contributed by atoms with Crippen LogP contribution in [-0.4, -0.2) is 41.7 Å². The van der Waals surface area contributed by atoms with E-state index in [1.807, 2.05) is 0 Å². The molecule has 0 bridgehead atoms. The van der Waals surface area contributed by atoms with Gasteiger partial charge in [-0.2, -0.15) is 0 Å². The van der Waals surface area contributed by atoms with Gasteiger partial charge in [0.1, 0.15) is 0 Å². The summed E-state index contributed by atoms with van der Waals surface area (Å²) in [4.78, 5) is 12.0. The Balaban J connectivity index is 1.44. The molecule has 2 unspecified atom stereocenters. The summed E-state index contributed by atoms with van der Waals surface area (Å²) in [6.07, 6.45) is 9.03. The summed E-state index contributed by atoms with van der Waals surface area (Å²) >= 11 is 0. The van der Waals surface area contributed by atoms with Crippen LogP contribution in [0, 0.1) is 58.2 Å². The zero-order valence-corrected chi connectivity index (χ0v) is 23.3. The second-order valence-electron chi connectivity index (χ2n) is 13.8. The number of nitrogens with one attached hydrogen (secondary N) is 1. The topological polar surface area (TPSA) is 78.8 Å². The fraction of sp³-hybridized carbons (Fsp3) is 0.967. The van der Waals surface area contributed by atoms with Gasteiger partial charge in [0.15, 0.2) is 0 Å². The molecule has 3 N–H and O–H groups in total. The Labute approximate surface area is 214 Å². The molecule has 5 heteroatoms. The number of carbonyl (C=O) groups is 1. The Morgan fingerprint density at radius 3 is 2.37 bits per heavy atom. The predicted molar refractivity (Wildman–Crippen MR) is 140 cm³/mol. The zero-order chi connectivity index (χ0) is 25.5. The van der Waals surface area contributed by atoms with Gasteiger partial charge in [-0.1, -0.05) is 48.0 Å². The lowest BCUT2D eigenvalue weighted by Crippen LogP contribution is -2.62. The number of rotatable bonds is 7. The van der Waals surface area contributed by atoms with E-state index in [4.69, 9.17) is 4.74 Å². The average molecular weight is 492 g/mol. The van der Waals surface area contributed by atoms with Crippen LogP contribution in [0.4, 0.5) is 4.79 Å². The number of aliphatic hydroxyl groups is 2. The van der Waals surface area contributed by atoms with E-state index in [9.17, 15) is 15.0 Å². The smallest absolute Gasteiger partial charge is 0.407 e. The zero-order valence-electron chi connectivity index (χ0n) is 23.3. The molecule has 5 nitrogen and oxygen atoms in total. The summed E-state index contributed by atoms with van der Waals surface area (Å²) in [6, 6.07) is 0. The Morgan fingerprint density at radius 2 is 1.69 bits per heavy atom. The molecule has 35 heavy (non-hydrogen) atoms. The van der Waals surface area contributed by atoms with Crippen LogP contribution >= 0.6 is 0 Å². The molecule has 4 aliphatic carbocycles. The van der Waals surface area contributed by atoms with Crippen molar-refractivity contribution in [1.29, 1.82) is 0 Å². The van der Waals surface area contributed by atoms with Crippen LogP contribution in [0.5, 0.6) is 0 Å². The highest BCUT2D eigenvalue weighted by Crippen LogP contribution is 2.69. The van der Waals surface area contributed by atoms with Crippen molar-refractivity contribution >= 4 is 6.09 Å². The minimum Gasteiger partial charge on any atom is -0.450 e. The molecule has 0 aromatic carbocycles. The lowest BCUT2D eigenvalue weighted by atomic mass is 9.41. The lowest BCUT2D eigenvalue weighted by Gasteiger charge is -2.64. The van der Waals surface area contributed by atoms with Crippen LogP contribution in [0.15, 0.2) is 0 Å². The van der Waals surface area contributed by atoms with Crippen molar-refractivity contribution in [3.05, 3.63) is 0 Å². The van der Waals surface area contributed by atoms with Crippen molar-refractivity contribution in [3.8, 4) is 0 Å². The van der Waals surface area contributed by atoms with E-state index in [-0.39, 0.29) is 29.1 Å². The highest BCUT2D eigenvalue weighted by molar-refractivity contribution is 5.67. The third-order valence-electron chi connectivity index (χ3n) is 11.6. The number of carbonyl (C=O) groups excluding carboxylic acids is 1. The summed E-state index contributed by atoms with van der Waals surface area (Å²) in [5.41, 5.74) is 0.517. The maximum absolute atomic E-state index is 12.0. The highest BCUT2D eigenvalue weighted by Gasteiger charge is 2.64. The van der Waals surface area contributed by atoms with Gasteiger partial charge in [-0.3, -0.25) is 0 Å². The molecule has 4 saturated carbocycles. The van der Waals surface area contributed by atoms with Crippen molar-refractivity contribution in [2.75, 3.05) is 13.2 Å². The van der Waals surface area contributed by atoms with Gasteiger partial charge >= 0.3 is 6.09 Å². The third kappa shape index (κ3) is 4.90. The van der Waals surface area contributed by atoms with Crippen molar-refractivity contribution in [2.45, 2.75) is 112 Å². The second kappa shape index (κ2) is 10.5. The first-order chi connectivity index (χ1) is 16.5. The number of hydrogen-bond donors (Lipinski definition) is 3. The number of ether oxygens (including phenoxy) is 1. The summed E-state index contributed by atoms with van der Waals surface area (Å²) in [5.74, 6) is 3.88. The standard InChI is InChI=1S/C30H53NO4/c1-7-21-25-16-20(32)10-13-30(25,6)24-11-14-29(5)22(8-9-23(29)26(24)27(21)33)19(4)12-15-35-28(34)31-17-18(2)3/h18-27,32-33H,7-17H2,1-6H3,(H,31,34)/t19-,20-,21-,22?,23+,24+,25?,26+,27-,29-,30-/m1/s1. The van der Waals surface area contributed by atoms with E-state index in [2.05, 4.69) is 46.9 Å². The van der Waals surface area contributed by atoms with Crippen molar-refractivity contribution < 1.29 is 19.7 Å². The van der Waals surface area contributed by atoms with Crippen LogP contribution in [0.3, 0.4) is 0 Å². The van der Waals surface area contributed by atoms with E-state index in [1.165, 1.54) is 25.7 Å². The maximum atomic E-state index is 12.0. The van der Waals surface area contributed by atoms with Crippen molar-refractivity contribution in [1.82, 2.24) is 5.32 Å². The van der Waals surface area contributed by atoms with E-state index in [0.717, 1.165) is 32.1 Å². The molecule has 0 radical (unpaired) electrons. The molecule has 0 saturated heterocycles. The summed E-state index contributed by atoms with van der Waals surface area (Å²) in [5, 5.41) is 25.2. The quantitative estimate of drug-likeness (QED) is 0.407. The summed E-state index contributed by atoms with van der Waals surface area (Å²) in [6.45, 7) is 14.9. The largest absolute Gasteiger partial charge is 0.450 e. The van der Waals surface area contributed by atoms with E-state index < -0.39 is 0 Å². The minimum absolute atomic E-state index is 0.189. The Bertz CT molecular complexity index is 742. The molecule has 0 aliphatic heterocycles. The van der Waals surface area contributed by atoms with Gasteiger partial charge in [0.05, 0.1) is 18.8 Å². The first-order valence-corrected chi connectivity index (χ1v) is 14.8. The Hall–Kier alpha value is -0.810. The van der Waals surface area contributed by atoms with Gasteiger partial charge in [-0.05, 0) is 110 Å². The highest BCUT2D eigenvalue weighted by atomic mass is 16.5. The van der Waals surface area contributed by atoms with E-state index in [0.29, 0.717) is 60.5 Å². The molecular weight excluding hydrogens is 438 g/mol. The summed E-state index contributed by atoms with van der Waals surface area (Å²) in [7, 11) is 0. The van der Waals surface area contributed by atoms with Gasteiger partial charge in [-0.15, -0.1) is 0 Å². The summed E-state index contributed by atoms with van der Waals surface area (Å²) < 4.78 is 5.49. The Morgan fingerprint density at radius 1 is 1.00 bits per heavy atom. The van der Waals surface area contributed by atoms with Gasteiger partial charge in [0.25, 0.3) is 0 Å². The van der Waals surface area contributed by atoms with Crippen LogP contribution in [-0.2, 0) is 4.74 Å². The first kappa shape index (κ1) is 27.2. The van der Waals surface area contributed by atoms with Crippen LogP contribution in [0.2, 0.25) is 0 Å². The molecular formula is C30H53NO4. The number of fused-ring (bicyclic) bond motifs is 5. The molecule has 4 aliphatic rings. The molecule has 202 valence electrons. The number of amides is 1. The molecule has 1 amide bonds. The second-order valence-corrected chi connectivity index (χ2v) is 13.8. The molecule has 4 fully saturated rings. The van der Waals surface area contributed by atoms with Gasteiger partial charge in [-0.25, -0.2) is 4.79 Å². The molecule has 0 aromatic heterocycles. The molecule has 0 spiro atoms. The van der Waals surface area contributed by atoms with Crippen molar-refractivity contribution in [3.63, 3.8) is 0 Å². The SMILES string of the molecule is CC[C@@H]1C2C[C@H](O)CC[C@]2(C)[C@H]2CC[C@]3(C)C([C@H](C)CCOC(=O)NCC(C)C)CC[C@H]3[C@@H]2[C@@H]1O. The number of alkyl carbamates (subject to hydrolysis) is 1. The molecule has 11 atom stereocenters. The fourth-order valence-corrected chi connectivity index (χ4v) is 9.81. The average Bonchev–Trinajstić information content (AvgIpc) is 3.16. The number of aliphatic hydroxyl groups excluding tert-OH is 2. The lowest BCUT2D eigenvalue weighted by molar-refractivity contribution is -0.203. The van der Waals surface area contributed by atoms with Gasteiger partial charge < -0.3 is 20.3 Å². The monoisotopic (exact) mass is 491 g/mol. The van der Waals surface area contributed by atoms with Gasteiger partial charge in [0.2, 0.25) is 0 Å². The van der Waals surface area contributed by atoms with Gasteiger partial charge in [0, 0.05) is 6.54 Å². The first-order valence-electron chi connectivity index (χ1n) is 14.8.